The van der Waals surface area contributed by atoms with Crippen LogP contribution in [0.5, 0.6) is 23.0 Å². The minimum atomic E-state index is -0.507. The molecular formula is C31H39BrO9. The first kappa shape index (κ1) is 33.7. The van der Waals surface area contributed by atoms with Gasteiger partial charge in [0.15, 0.2) is 0 Å². The van der Waals surface area contributed by atoms with Crippen molar-refractivity contribution in [1.82, 2.24) is 0 Å². The van der Waals surface area contributed by atoms with Gasteiger partial charge in [0.25, 0.3) is 0 Å². The van der Waals surface area contributed by atoms with Crippen LogP contribution in [0.1, 0.15) is 75.4 Å². The maximum atomic E-state index is 11.7. The van der Waals surface area contributed by atoms with E-state index in [1.165, 1.54) is 7.11 Å². The zero-order valence-electron chi connectivity index (χ0n) is 23.6. The summed E-state index contributed by atoms with van der Waals surface area (Å²) in [4.78, 5) is 23.4. The zero-order valence-corrected chi connectivity index (χ0v) is 25.2. The first-order valence-corrected chi connectivity index (χ1v) is 13.8. The van der Waals surface area contributed by atoms with Gasteiger partial charge in [-0.2, -0.15) is 0 Å². The van der Waals surface area contributed by atoms with Crippen LogP contribution < -0.4 is 9.47 Å². The summed E-state index contributed by atoms with van der Waals surface area (Å²) < 4.78 is 20.8. The second-order valence-corrected chi connectivity index (χ2v) is 10.2. The number of fused-ring (bicyclic) bond motifs is 2. The van der Waals surface area contributed by atoms with Gasteiger partial charge in [-0.1, -0.05) is 46.7 Å². The summed E-state index contributed by atoms with van der Waals surface area (Å²) in [5.41, 5.74) is 6.65. The maximum absolute atomic E-state index is 11.7. The number of hydrogen-bond acceptors (Lipinski definition) is 9. The number of hydrogen-bond donors (Lipinski definition) is 3. The van der Waals surface area contributed by atoms with Crippen molar-refractivity contribution >= 4 is 27.9 Å². The number of alkyl halides is 1. The number of carbonyl (C=O) groups excluding carboxylic acids is 2. The van der Waals surface area contributed by atoms with Crippen molar-refractivity contribution in [3.05, 3.63) is 67.8 Å². The number of benzene rings is 2. The lowest BCUT2D eigenvalue weighted by molar-refractivity contribution is 0.0523. The summed E-state index contributed by atoms with van der Waals surface area (Å²) >= 11 is 3.38. The van der Waals surface area contributed by atoms with Crippen molar-refractivity contribution in [3.8, 4) is 23.0 Å². The highest BCUT2D eigenvalue weighted by Gasteiger charge is 2.33. The normalized spacial score (nSPS) is 13.9. The standard InChI is InChI=1S/C15H17BrO4.C15H18O5.CH4/c2*1-8(6-16)4-5-10-13(17)12-11(7-20-15(12)18)9(2)14(10)19-3;/h4,17H,5-7H2,1-3H3;4,16-17H,5-7H2,1-3H3;1H4/b2*8-4+;. The fourth-order valence-electron chi connectivity index (χ4n) is 4.73. The molecule has 10 heteroatoms. The van der Waals surface area contributed by atoms with Crippen LogP contribution in [0.4, 0.5) is 0 Å². The molecule has 4 rings (SSSR count). The van der Waals surface area contributed by atoms with Crippen LogP contribution in [0.25, 0.3) is 0 Å². The minimum absolute atomic E-state index is 0. The van der Waals surface area contributed by atoms with Crippen molar-refractivity contribution in [2.75, 3.05) is 26.2 Å². The molecule has 2 aromatic rings. The molecule has 0 amide bonds. The lowest BCUT2D eigenvalue weighted by Crippen LogP contribution is -2.03. The van der Waals surface area contributed by atoms with Crippen molar-refractivity contribution in [1.29, 1.82) is 0 Å². The fourth-order valence-corrected chi connectivity index (χ4v) is 4.96. The summed E-state index contributed by atoms with van der Waals surface area (Å²) in [6.07, 6.45) is 4.68. The number of esters is 2. The van der Waals surface area contributed by atoms with Gasteiger partial charge in [0, 0.05) is 27.6 Å². The summed E-state index contributed by atoms with van der Waals surface area (Å²) in [6.45, 7) is 7.81. The highest BCUT2D eigenvalue weighted by molar-refractivity contribution is 9.09. The van der Waals surface area contributed by atoms with E-state index in [0.717, 1.165) is 27.6 Å². The third-order valence-corrected chi connectivity index (χ3v) is 7.95. The van der Waals surface area contributed by atoms with E-state index in [1.807, 2.05) is 26.8 Å². The summed E-state index contributed by atoms with van der Waals surface area (Å²) in [7, 11) is 3.09. The van der Waals surface area contributed by atoms with E-state index in [-0.39, 0.29) is 49.9 Å². The number of phenols is 2. The molecule has 0 aliphatic carbocycles. The van der Waals surface area contributed by atoms with Gasteiger partial charge in [-0.3, -0.25) is 0 Å². The Morgan fingerprint density at radius 1 is 0.829 bits per heavy atom. The Morgan fingerprint density at radius 3 is 1.56 bits per heavy atom. The van der Waals surface area contributed by atoms with Crippen LogP contribution in [0.3, 0.4) is 0 Å². The predicted octanol–water partition coefficient (Wildman–Crippen LogP) is 5.76. The Bertz CT molecular complexity index is 1280. The molecule has 3 N–H and O–H groups in total. The molecule has 9 nitrogen and oxygen atoms in total. The SMILES string of the molecule is C.COc1c(C)c2c(c(O)c1C/C=C(\C)CBr)C(=O)OC2.COc1c(C)c2c(c(O)c1C/C=C(\C)CO)C(=O)OC2. The number of allylic oxidation sites excluding steroid dienone is 3. The number of phenolic OH excluding ortho intramolecular Hbond substituents is 2. The molecule has 0 saturated carbocycles. The van der Waals surface area contributed by atoms with Gasteiger partial charge in [-0.05, 0) is 51.7 Å². The van der Waals surface area contributed by atoms with Crippen LogP contribution >= 0.6 is 15.9 Å². The molecule has 2 aromatic carbocycles. The summed E-state index contributed by atoms with van der Waals surface area (Å²) in [6, 6.07) is 0. The molecule has 0 bridgehead atoms. The second kappa shape index (κ2) is 14.4. The molecule has 224 valence electrons. The maximum Gasteiger partial charge on any atom is 0.342 e. The number of cyclic esters (lactones) is 2. The van der Waals surface area contributed by atoms with Crippen molar-refractivity contribution in [3.63, 3.8) is 0 Å². The van der Waals surface area contributed by atoms with E-state index in [9.17, 15) is 19.8 Å². The highest BCUT2D eigenvalue weighted by atomic mass is 79.9. The van der Waals surface area contributed by atoms with Gasteiger partial charge >= 0.3 is 11.9 Å². The number of ether oxygens (including phenoxy) is 4. The first-order valence-electron chi connectivity index (χ1n) is 12.7. The Morgan fingerprint density at radius 2 is 1.22 bits per heavy atom. The molecule has 0 spiro atoms. The Labute approximate surface area is 249 Å². The van der Waals surface area contributed by atoms with Crippen LogP contribution in [0.15, 0.2) is 23.3 Å². The number of aliphatic hydroxyl groups is 1. The van der Waals surface area contributed by atoms with Gasteiger partial charge in [0.05, 0.1) is 20.8 Å². The van der Waals surface area contributed by atoms with Gasteiger partial charge in [-0.15, -0.1) is 0 Å². The third kappa shape index (κ3) is 6.70. The smallest absolute Gasteiger partial charge is 0.342 e. The van der Waals surface area contributed by atoms with Gasteiger partial charge in [-0.25, -0.2) is 9.59 Å². The molecule has 0 fully saturated rings. The van der Waals surface area contributed by atoms with Crippen LogP contribution in [0.2, 0.25) is 0 Å². The van der Waals surface area contributed by atoms with Crippen molar-refractivity contribution < 1.29 is 43.9 Å². The molecule has 2 aliphatic rings. The van der Waals surface area contributed by atoms with E-state index >= 15 is 0 Å². The van der Waals surface area contributed by atoms with E-state index in [2.05, 4.69) is 15.9 Å². The summed E-state index contributed by atoms with van der Waals surface area (Å²) in [5.74, 6) is 0.0910. The third-order valence-electron chi connectivity index (χ3n) is 7.06. The molecule has 2 heterocycles. The zero-order chi connectivity index (χ0) is 29.7. The predicted molar refractivity (Wildman–Crippen MR) is 160 cm³/mol. The van der Waals surface area contributed by atoms with E-state index < -0.39 is 11.9 Å². The molecule has 0 atom stereocenters. The summed E-state index contributed by atoms with van der Waals surface area (Å²) in [5, 5.41) is 30.5. The van der Waals surface area contributed by atoms with Crippen LogP contribution in [0, 0.1) is 13.8 Å². The van der Waals surface area contributed by atoms with Crippen molar-refractivity contribution in [2.24, 2.45) is 0 Å². The minimum Gasteiger partial charge on any atom is -0.507 e. The van der Waals surface area contributed by atoms with Gasteiger partial charge in [0.1, 0.15) is 47.3 Å². The fraction of sp³-hybridized carbons (Fsp3) is 0.419. The van der Waals surface area contributed by atoms with Crippen LogP contribution in [-0.2, 0) is 35.5 Å². The topological polar surface area (TPSA) is 132 Å². The molecular weight excluding hydrogens is 596 g/mol. The van der Waals surface area contributed by atoms with Crippen LogP contribution in [-0.4, -0.2) is 53.4 Å². The van der Waals surface area contributed by atoms with E-state index in [1.54, 1.807) is 20.1 Å². The van der Waals surface area contributed by atoms with E-state index in [4.69, 9.17) is 24.1 Å². The highest BCUT2D eigenvalue weighted by Crippen LogP contribution is 2.43. The van der Waals surface area contributed by atoms with Crippen molar-refractivity contribution in [2.45, 2.75) is 61.2 Å². The number of aliphatic hydroxyl groups excluding tert-OH is 1. The van der Waals surface area contributed by atoms with Gasteiger partial charge in [0.2, 0.25) is 0 Å². The molecule has 0 aromatic heterocycles. The lowest BCUT2D eigenvalue weighted by Gasteiger charge is -2.15. The Balaban J connectivity index is 0.000000280. The number of methoxy groups -OCH3 is 2. The average molecular weight is 636 g/mol. The number of aromatic hydroxyl groups is 2. The van der Waals surface area contributed by atoms with E-state index in [0.29, 0.717) is 46.6 Å². The molecule has 2 aliphatic heterocycles. The number of halogens is 1. The quantitative estimate of drug-likeness (QED) is 0.188. The molecule has 0 unspecified atom stereocenters. The Kier molecular flexibility index (Phi) is 11.8. The first-order chi connectivity index (χ1) is 19.0. The molecule has 0 radical (unpaired) electrons. The number of rotatable bonds is 8. The largest absolute Gasteiger partial charge is 0.507 e. The Hall–Kier alpha value is -3.50. The van der Waals surface area contributed by atoms with Gasteiger partial charge < -0.3 is 34.3 Å². The number of carbonyl (C=O) groups is 2. The molecule has 41 heavy (non-hydrogen) atoms. The second-order valence-electron chi connectivity index (χ2n) is 9.63. The monoisotopic (exact) mass is 634 g/mol. The lowest BCUT2D eigenvalue weighted by atomic mass is 9.95. The average Bonchev–Trinajstić information content (AvgIpc) is 3.53. The molecule has 0 saturated heterocycles.